The van der Waals surface area contributed by atoms with Crippen LogP contribution in [0.1, 0.15) is 54.2 Å². The summed E-state index contributed by atoms with van der Waals surface area (Å²) in [6, 6.07) is 13.9. The number of benzene rings is 1. The van der Waals surface area contributed by atoms with Crippen LogP contribution in [0.25, 0.3) is 0 Å². The molecule has 0 saturated carbocycles. The molecular weight excluding hydrogens is 364 g/mol. The highest BCUT2D eigenvalue weighted by Crippen LogP contribution is 2.38. The predicted octanol–water partition coefficient (Wildman–Crippen LogP) is 4.20. The third-order valence-corrected chi connectivity index (χ3v) is 5.92. The number of rotatable bonds is 7. The number of nitrogens with zero attached hydrogens (tertiary/aromatic N) is 2. The molecule has 1 fully saturated rings. The molecule has 1 aliphatic heterocycles. The lowest BCUT2D eigenvalue weighted by Gasteiger charge is -2.40. The standard InChI is InChI=1S/C24H30N2O3/c1-3-29-23(28)24(13-7-11-20-9-5-4-6-10-20)14-17-26(18-15-24)22(27)21-12-8-16-25-19(21)2/h4-6,8-10,12,16H,3,7,11,13-15,17-18H2,1-2H3. The van der Waals surface area contributed by atoms with Gasteiger partial charge < -0.3 is 9.64 Å². The first-order chi connectivity index (χ1) is 14.1. The van der Waals surface area contributed by atoms with E-state index in [1.807, 2.05) is 43.0 Å². The van der Waals surface area contributed by atoms with Crippen LogP contribution < -0.4 is 0 Å². The monoisotopic (exact) mass is 394 g/mol. The van der Waals surface area contributed by atoms with Crippen molar-refractivity contribution in [3.63, 3.8) is 0 Å². The van der Waals surface area contributed by atoms with Gasteiger partial charge >= 0.3 is 5.97 Å². The first kappa shape index (κ1) is 21.0. The van der Waals surface area contributed by atoms with Gasteiger partial charge in [-0.05, 0) is 63.6 Å². The summed E-state index contributed by atoms with van der Waals surface area (Å²) in [5, 5.41) is 0. The van der Waals surface area contributed by atoms with E-state index in [1.165, 1.54) is 5.56 Å². The molecule has 1 aromatic heterocycles. The molecule has 2 heterocycles. The van der Waals surface area contributed by atoms with Gasteiger partial charge in [-0.1, -0.05) is 30.3 Å². The Bertz CT molecular complexity index is 827. The summed E-state index contributed by atoms with van der Waals surface area (Å²) in [5.41, 5.74) is 2.17. The molecule has 2 aromatic rings. The predicted molar refractivity (Wildman–Crippen MR) is 113 cm³/mol. The number of aromatic nitrogens is 1. The Kier molecular flexibility index (Phi) is 7.02. The third-order valence-electron chi connectivity index (χ3n) is 5.92. The van der Waals surface area contributed by atoms with Gasteiger partial charge in [-0.3, -0.25) is 14.6 Å². The minimum absolute atomic E-state index is 0.00246. The summed E-state index contributed by atoms with van der Waals surface area (Å²) in [5.74, 6) is -0.116. The molecule has 5 nitrogen and oxygen atoms in total. The molecule has 1 amide bonds. The minimum atomic E-state index is -0.494. The van der Waals surface area contributed by atoms with Gasteiger partial charge in [0.2, 0.25) is 0 Å². The molecule has 0 radical (unpaired) electrons. The molecule has 29 heavy (non-hydrogen) atoms. The lowest BCUT2D eigenvalue weighted by Crippen LogP contribution is -2.47. The number of piperidine rings is 1. The van der Waals surface area contributed by atoms with Crippen molar-refractivity contribution in [2.45, 2.75) is 46.0 Å². The lowest BCUT2D eigenvalue weighted by molar-refractivity contribution is -0.159. The third kappa shape index (κ3) is 5.03. The number of likely N-dealkylation sites (tertiary alicyclic amines) is 1. The molecule has 5 heteroatoms. The van der Waals surface area contributed by atoms with Crippen molar-refractivity contribution in [1.29, 1.82) is 0 Å². The summed E-state index contributed by atoms with van der Waals surface area (Å²) in [7, 11) is 0. The second-order valence-corrected chi connectivity index (χ2v) is 7.77. The molecule has 1 saturated heterocycles. The Morgan fingerprint density at radius 1 is 1.10 bits per heavy atom. The SMILES string of the molecule is CCOC(=O)C1(CCCc2ccccc2)CCN(C(=O)c2cccnc2C)CC1. The summed E-state index contributed by atoms with van der Waals surface area (Å²) in [4.78, 5) is 31.8. The molecule has 1 aliphatic rings. The molecule has 3 rings (SSSR count). The van der Waals surface area contributed by atoms with Gasteiger partial charge in [-0.25, -0.2) is 0 Å². The topological polar surface area (TPSA) is 59.5 Å². The molecule has 0 N–H and O–H groups in total. The summed E-state index contributed by atoms with van der Waals surface area (Å²) in [6.45, 7) is 5.22. The van der Waals surface area contributed by atoms with E-state index in [-0.39, 0.29) is 11.9 Å². The van der Waals surface area contributed by atoms with E-state index in [2.05, 4.69) is 17.1 Å². The van der Waals surface area contributed by atoms with Crippen molar-refractivity contribution in [3.05, 3.63) is 65.5 Å². The molecule has 0 aliphatic carbocycles. The minimum Gasteiger partial charge on any atom is -0.466 e. The fourth-order valence-electron chi connectivity index (χ4n) is 4.13. The first-order valence-corrected chi connectivity index (χ1v) is 10.5. The maximum Gasteiger partial charge on any atom is 0.312 e. The number of carbonyl (C=O) groups excluding carboxylic acids is 2. The summed E-state index contributed by atoms with van der Waals surface area (Å²) < 4.78 is 5.43. The van der Waals surface area contributed by atoms with E-state index in [9.17, 15) is 9.59 Å². The number of pyridine rings is 1. The second-order valence-electron chi connectivity index (χ2n) is 7.77. The molecular formula is C24H30N2O3. The van der Waals surface area contributed by atoms with Crippen molar-refractivity contribution in [2.24, 2.45) is 5.41 Å². The van der Waals surface area contributed by atoms with Gasteiger partial charge in [0.15, 0.2) is 0 Å². The van der Waals surface area contributed by atoms with Gasteiger partial charge in [-0.2, -0.15) is 0 Å². The quantitative estimate of drug-likeness (QED) is 0.661. The van der Waals surface area contributed by atoms with Crippen molar-refractivity contribution < 1.29 is 14.3 Å². The molecule has 0 unspecified atom stereocenters. The number of hydrogen-bond donors (Lipinski definition) is 0. The van der Waals surface area contributed by atoms with Crippen molar-refractivity contribution in [1.82, 2.24) is 9.88 Å². The van der Waals surface area contributed by atoms with Crippen molar-refractivity contribution in [2.75, 3.05) is 19.7 Å². The average Bonchev–Trinajstić information content (AvgIpc) is 2.75. The molecule has 1 aromatic carbocycles. The van der Waals surface area contributed by atoms with E-state index in [0.29, 0.717) is 38.1 Å². The zero-order valence-electron chi connectivity index (χ0n) is 17.4. The maximum absolute atomic E-state index is 12.9. The second kappa shape index (κ2) is 9.68. The van der Waals surface area contributed by atoms with Gasteiger partial charge in [0.05, 0.1) is 17.6 Å². The average molecular weight is 395 g/mol. The Labute approximate surface area is 173 Å². The first-order valence-electron chi connectivity index (χ1n) is 10.5. The summed E-state index contributed by atoms with van der Waals surface area (Å²) in [6.07, 6.45) is 5.64. The zero-order chi connectivity index (χ0) is 20.7. The fourth-order valence-corrected chi connectivity index (χ4v) is 4.13. The van der Waals surface area contributed by atoms with Crippen molar-refractivity contribution in [3.8, 4) is 0 Å². The molecule has 154 valence electrons. The fraction of sp³-hybridized carbons (Fsp3) is 0.458. The highest BCUT2D eigenvalue weighted by molar-refractivity contribution is 5.95. The van der Waals surface area contributed by atoms with Crippen LogP contribution in [-0.4, -0.2) is 41.5 Å². The number of aryl methyl sites for hydroxylation is 2. The van der Waals surface area contributed by atoms with E-state index < -0.39 is 5.41 Å². The van der Waals surface area contributed by atoms with E-state index in [4.69, 9.17) is 4.74 Å². The van der Waals surface area contributed by atoms with Crippen LogP contribution in [0.2, 0.25) is 0 Å². The van der Waals surface area contributed by atoms with E-state index in [1.54, 1.807) is 12.3 Å². The van der Waals surface area contributed by atoms with Crippen LogP contribution in [0.5, 0.6) is 0 Å². The Morgan fingerprint density at radius 2 is 1.83 bits per heavy atom. The van der Waals surface area contributed by atoms with Gasteiger partial charge in [0, 0.05) is 25.0 Å². The van der Waals surface area contributed by atoms with Crippen LogP contribution in [0.4, 0.5) is 0 Å². The molecule has 0 bridgehead atoms. The highest BCUT2D eigenvalue weighted by atomic mass is 16.5. The largest absolute Gasteiger partial charge is 0.466 e. The summed E-state index contributed by atoms with van der Waals surface area (Å²) >= 11 is 0. The number of amides is 1. The van der Waals surface area contributed by atoms with Gasteiger partial charge in [0.25, 0.3) is 5.91 Å². The van der Waals surface area contributed by atoms with Crippen LogP contribution in [0.3, 0.4) is 0 Å². The zero-order valence-corrected chi connectivity index (χ0v) is 17.4. The van der Waals surface area contributed by atoms with E-state index >= 15 is 0 Å². The van der Waals surface area contributed by atoms with Crippen molar-refractivity contribution >= 4 is 11.9 Å². The maximum atomic E-state index is 12.9. The van der Waals surface area contributed by atoms with Gasteiger partial charge in [-0.15, -0.1) is 0 Å². The Hall–Kier alpha value is -2.69. The van der Waals surface area contributed by atoms with E-state index in [0.717, 1.165) is 25.0 Å². The number of hydrogen-bond acceptors (Lipinski definition) is 4. The molecule has 0 spiro atoms. The number of esters is 1. The number of ether oxygens (including phenoxy) is 1. The van der Waals surface area contributed by atoms with Crippen LogP contribution >= 0.6 is 0 Å². The highest BCUT2D eigenvalue weighted by Gasteiger charge is 2.43. The van der Waals surface area contributed by atoms with Crippen LogP contribution in [0.15, 0.2) is 48.7 Å². The lowest BCUT2D eigenvalue weighted by atomic mass is 9.74. The molecule has 0 atom stereocenters. The van der Waals surface area contributed by atoms with Crippen LogP contribution in [0, 0.1) is 12.3 Å². The number of carbonyl (C=O) groups is 2. The van der Waals surface area contributed by atoms with Crippen LogP contribution in [-0.2, 0) is 16.0 Å². The normalized spacial score (nSPS) is 15.7. The Balaban J connectivity index is 1.65. The van der Waals surface area contributed by atoms with Gasteiger partial charge in [0.1, 0.15) is 0 Å². The smallest absolute Gasteiger partial charge is 0.312 e. The Morgan fingerprint density at radius 3 is 2.48 bits per heavy atom.